The standard InChI is InChI=1S/C18H30N2O/c1-2-10-19-13-18-16(9-12-21-18)14-20-11-5-7-15-6-3-4-8-17(15)20/h9,12,15,17,19H,2-8,10-11,13-14H2,1H3. The van der Waals surface area contributed by atoms with E-state index in [9.17, 15) is 0 Å². The lowest BCUT2D eigenvalue weighted by molar-refractivity contribution is 0.0542. The van der Waals surface area contributed by atoms with E-state index in [0.29, 0.717) is 0 Å². The molecule has 2 heterocycles. The third-order valence-electron chi connectivity index (χ3n) is 5.28. The molecule has 3 nitrogen and oxygen atoms in total. The maximum atomic E-state index is 5.70. The van der Waals surface area contributed by atoms with Crippen molar-refractivity contribution >= 4 is 0 Å². The van der Waals surface area contributed by atoms with Gasteiger partial charge in [0.05, 0.1) is 12.8 Å². The molecule has 3 rings (SSSR count). The molecule has 2 unspecified atom stereocenters. The molecule has 1 aliphatic carbocycles. The number of furan rings is 1. The largest absolute Gasteiger partial charge is 0.468 e. The Balaban J connectivity index is 1.61. The predicted octanol–water partition coefficient (Wildman–Crippen LogP) is 3.93. The van der Waals surface area contributed by atoms with Crippen LogP contribution >= 0.6 is 0 Å². The summed E-state index contributed by atoms with van der Waals surface area (Å²) in [5.41, 5.74) is 1.39. The fraction of sp³-hybridized carbons (Fsp3) is 0.778. The lowest BCUT2D eigenvalue weighted by Gasteiger charge is -2.44. The zero-order valence-corrected chi connectivity index (χ0v) is 13.4. The molecule has 2 fully saturated rings. The number of hydrogen-bond acceptors (Lipinski definition) is 3. The van der Waals surface area contributed by atoms with Crippen LogP contribution in [0.25, 0.3) is 0 Å². The van der Waals surface area contributed by atoms with E-state index >= 15 is 0 Å². The number of nitrogens with one attached hydrogen (secondary N) is 1. The Labute approximate surface area is 129 Å². The Morgan fingerprint density at radius 1 is 1.24 bits per heavy atom. The van der Waals surface area contributed by atoms with Gasteiger partial charge in [-0.25, -0.2) is 0 Å². The highest BCUT2D eigenvalue weighted by atomic mass is 16.3. The van der Waals surface area contributed by atoms with Crippen LogP contribution < -0.4 is 5.32 Å². The Morgan fingerprint density at radius 2 is 2.10 bits per heavy atom. The number of nitrogens with zero attached hydrogens (tertiary/aromatic N) is 1. The molecule has 1 aromatic heterocycles. The molecule has 0 bridgehead atoms. The van der Waals surface area contributed by atoms with E-state index in [1.807, 2.05) is 6.26 Å². The highest BCUT2D eigenvalue weighted by Crippen LogP contribution is 2.36. The SMILES string of the molecule is CCCNCc1occc1CN1CCCC2CCCCC21. The van der Waals surface area contributed by atoms with E-state index in [1.54, 1.807) is 0 Å². The first-order valence-corrected chi connectivity index (χ1v) is 8.88. The lowest BCUT2D eigenvalue weighted by atomic mass is 9.78. The van der Waals surface area contributed by atoms with E-state index in [-0.39, 0.29) is 0 Å². The molecular weight excluding hydrogens is 260 g/mol. The molecule has 118 valence electrons. The molecule has 1 aromatic rings. The molecule has 3 heteroatoms. The highest BCUT2D eigenvalue weighted by molar-refractivity contribution is 5.17. The van der Waals surface area contributed by atoms with E-state index in [2.05, 4.69) is 23.2 Å². The first kappa shape index (κ1) is 15.1. The summed E-state index contributed by atoms with van der Waals surface area (Å²) in [6, 6.07) is 3.01. The summed E-state index contributed by atoms with van der Waals surface area (Å²) in [7, 11) is 0. The Kier molecular flexibility index (Phi) is 5.37. The van der Waals surface area contributed by atoms with Gasteiger partial charge in [-0.05, 0) is 57.2 Å². The maximum absolute atomic E-state index is 5.70. The van der Waals surface area contributed by atoms with Crippen LogP contribution in [0.4, 0.5) is 0 Å². The van der Waals surface area contributed by atoms with Gasteiger partial charge in [0, 0.05) is 18.2 Å². The molecule has 0 amide bonds. The highest BCUT2D eigenvalue weighted by Gasteiger charge is 2.33. The van der Waals surface area contributed by atoms with Crippen LogP contribution in [0.2, 0.25) is 0 Å². The quantitative estimate of drug-likeness (QED) is 0.805. The van der Waals surface area contributed by atoms with E-state index in [0.717, 1.165) is 37.4 Å². The maximum Gasteiger partial charge on any atom is 0.122 e. The topological polar surface area (TPSA) is 28.4 Å². The van der Waals surface area contributed by atoms with Crippen molar-refractivity contribution < 1.29 is 4.42 Å². The average molecular weight is 290 g/mol. The second-order valence-corrected chi connectivity index (χ2v) is 6.77. The van der Waals surface area contributed by atoms with Crippen molar-refractivity contribution in [3.63, 3.8) is 0 Å². The zero-order chi connectivity index (χ0) is 14.5. The van der Waals surface area contributed by atoms with Crippen LogP contribution in [0, 0.1) is 5.92 Å². The van der Waals surface area contributed by atoms with Crippen LogP contribution in [0.3, 0.4) is 0 Å². The van der Waals surface area contributed by atoms with Gasteiger partial charge in [0.1, 0.15) is 5.76 Å². The van der Waals surface area contributed by atoms with E-state index in [1.165, 1.54) is 57.1 Å². The summed E-state index contributed by atoms with van der Waals surface area (Å²) >= 11 is 0. The fourth-order valence-electron chi connectivity index (χ4n) is 4.18. The summed E-state index contributed by atoms with van der Waals surface area (Å²) in [4.78, 5) is 2.74. The summed E-state index contributed by atoms with van der Waals surface area (Å²) in [5.74, 6) is 2.10. The predicted molar refractivity (Wildman–Crippen MR) is 86.1 cm³/mol. The molecular formula is C18H30N2O. The van der Waals surface area contributed by atoms with Crippen molar-refractivity contribution in [3.05, 3.63) is 23.7 Å². The van der Waals surface area contributed by atoms with Crippen LogP contribution in [0.1, 0.15) is 63.2 Å². The third-order valence-corrected chi connectivity index (χ3v) is 5.28. The number of likely N-dealkylation sites (tertiary alicyclic amines) is 1. The Bertz CT molecular complexity index is 427. The number of fused-ring (bicyclic) bond motifs is 1. The van der Waals surface area contributed by atoms with Gasteiger partial charge >= 0.3 is 0 Å². The van der Waals surface area contributed by atoms with Crippen molar-refractivity contribution in [3.8, 4) is 0 Å². The first-order valence-electron chi connectivity index (χ1n) is 8.88. The molecule has 1 saturated heterocycles. The van der Waals surface area contributed by atoms with Crippen molar-refractivity contribution in [1.82, 2.24) is 10.2 Å². The van der Waals surface area contributed by atoms with Crippen molar-refractivity contribution in [2.45, 2.75) is 71.0 Å². The smallest absolute Gasteiger partial charge is 0.122 e. The Morgan fingerprint density at radius 3 is 3.00 bits per heavy atom. The molecule has 1 N–H and O–H groups in total. The zero-order valence-electron chi connectivity index (χ0n) is 13.4. The van der Waals surface area contributed by atoms with Gasteiger partial charge in [0.25, 0.3) is 0 Å². The summed E-state index contributed by atoms with van der Waals surface area (Å²) < 4.78 is 5.70. The van der Waals surface area contributed by atoms with Crippen LogP contribution in [0.5, 0.6) is 0 Å². The van der Waals surface area contributed by atoms with Crippen LogP contribution in [-0.4, -0.2) is 24.0 Å². The number of hydrogen-bond donors (Lipinski definition) is 1. The third kappa shape index (κ3) is 3.70. The van der Waals surface area contributed by atoms with Gasteiger partial charge in [0.15, 0.2) is 0 Å². The molecule has 1 saturated carbocycles. The first-order chi connectivity index (χ1) is 10.4. The molecule has 0 spiro atoms. The van der Waals surface area contributed by atoms with Crippen molar-refractivity contribution in [2.75, 3.05) is 13.1 Å². The van der Waals surface area contributed by atoms with Crippen molar-refractivity contribution in [1.29, 1.82) is 0 Å². The summed E-state index contributed by atoms with van der Waals surface area (Å²) in [5, 5.41) is 3.46. The van der Waals surface area contributed by atoms with Crippen LogP contribution in [0.15, 0.2) is 16.7 Å². The molecule has 0 radical (unpaired) electrons. The number of piperidine rings is 1. The van der Waals surface area contributed by atoms with Gasteiger partial charge in [0.2, 0.25) is 0 Å². The fourth-order valence-corrected chi connectivity index (χ4v) is 4.18. The van der Waals surface area contributed by atoms with Gasteiger partial charge in [-0.3, -0.25) is 4.90 Å². The minimum absolute atomic E-state index is 0.832. The summed E-state index contributed by atoms with van der Waals surface area (Å²) in [6.45, 7) is 6.49. The normalized spacial score (nSPS) is 26.7. The summed E-state index contributed by atoms with van der Waals surface area (Å²) in [6.07, 6.45) is 11.6. The average Bonchev–Trinajstić information content (AvgIpc) is 2.95. The minimum Gasteiger partial charge on any atom is -0.468 e. The minimum atomic E-state index is 0.832. The number of rotatable bonds is 6. The van der Waals surface area contributed by atoms with Gasteiger partial charge in [-0.1, -0.05) is 19.8 Å². The lowest BCUT2D eigenvalue weighted by Crippen LogP contribution is -2.46. The van der Waals surface area contributed by atoms with Gasteiger partial charge in [-0.15, -0.1) is 0 Å². The van der Waals surface area contributed by atoms with Crippen molar-refractivity contribution in [2.24, 2.45) is 5.92 Å². The van der Waals surface area contributed by atoms with Gasteiger partial charge in [-0.2, -0.15) is 0 Å². The molecule has 2 aliphatic rings. The Hall–Kier alpha value is -0.800. The second kappa shape index (κ2) is 7.46. The molecule has 0 aromatic carbocycles. The molecule has 2 atom stereocenters. The monoisotopic (exact) mass is 290 g/mol. The second-order valence-electron chi connectivity index (χ2n) is 6.77. The van der Waals surface area contributed by atoms with Gasteiger partial charge < -0.3 is 9.73 Å². The van der Waals surface area contributed by atoms with E-state index < -0.39 is 0 Å². The van der Waals surface area contributed by atoms with E-state index in [4.69, 9.17) is 4.42 Å². The molecule has 21 heavy (non-hydrogen) atoms. The van der Waals surface area contributed by atoms with Crippen LogP contribution in [-0.2, 0) is 13.1 Å². The molecule has 1 aliphatic heterocycles.